The molecule has 6 nitrogen and oxygen atoms in total. The quantitative estimate of drug-likeness (QED) is 0.390. The summed E-state index contributed by atoms with van der Waals surface area (Å²) in [5.41, 5.74) is 10.9. The van der Waals surface area contributed by atoms with E-state index in [1.54, 1.807) is 18.6 Å². The SMILES string of the molecule is Cc1ccc(CN=C(N)N/N=C/c2cccnc2)c(Cl)n1. The van der Waals surface area contributed by atoms with E-state index in [0.717, 1.165) is 16.8 Å². The molecule has 108 valence electrons. The summed E-state index contributed by atoms with van der Waals surface area (Å²) in [6.07, 6.45) is 4.99. The molecule has 0 aliphatic rings. The van der Waals surface area contributed by atoms with Crippen molar-refractivity contribution in [3.63, 3.8) is 0 Å². The summed E-state index contributed by atoms with van der Waals surface area (Å²) in [4.78, 5) is 12.3. The third-order valence-corrected chi connectivity index (χ3v) is 2.89. The fourth-order valence-electron chi connectivity index (χ4n) is 1.50. The van der Waals surface area contributed by atoms with E-state index in [1.807, 2.05) is 31.2 Å². The molecule has 2 rings (SSSR count). The number of hydrogen-bond acceptors (Lipinski definition) is 4. The first kappa shape index (κ1) is 14.9. The first-order chi connectivity index (χ1) is 10.1. The summed E-state index contributed by atoms with van der Waals surface area (Å²) in [6.45, 7) is 2.22. The van der Waals surface area contributed by atoms with Crippen LogP contribution in [0.5, 0.6) is 0 Å². The van der Waals surface area contributed by atoms with Crippen molar-refractivity contribution in [1.82, 2.24) is 15.4 Å². The van der Waals surface area contributed by atoms with Gasteiger partial charge in [0.2, 0.25) is 5.96 Å². The highest BCUT2D eigenvalue weighted by Crippen LogP contribution is 2.14. The van der Waals surface area contributed by atoms with Crippen molar-refractivity contribution in [2.24, 2.45) is 15.8 Å². The Morgan fingerprint density at radius 2 is 2.29 bits per heavy atom. The number of nitrogens with one attached hydrogen (secondary N) is 1. The van der Waals surface area contributed by atoms with E-state index < -0.39 is 0 Å². The molecule has 2 aromatic heterocycles. The lowest BCUT2D eigenvalue weighted by Crippen LogP contribution is -2.27. The smallest absolute Gasteiger partial charge is 0.209 e. The molecule has 0 saturated carbocycles. The normalized spacial score (nSPS) is 11.8. The number of hydrazone groups is 1. The van der Waals surface area contributed by atoms with Gasteiger partial charge in [-0.15, -0.1) is 0 Å². The first-order valence-electron chi connectivity index (χ1n) is 6.26. The van der Waals surface area contributed by atoms with Gasteiger partial charge < -0.3 is 5.73 Å². The van der Waals surface area contributed by atoms with Gasteiger partial charge in [-0.05, 0) is 19.1 Å². The van der Waals surface area contributed by atoms with Crippen LogP contribution in [0.15, 0.2) is 46.8 Å². The molecule has 2 aromatic rings. The number of rotatable bonds is 4. The summed E-state index contributed by atoms with van der Waals surface area (Å²) < 4.78 is 0. The number of nitrogens with two attached hydrogens (primary N) is 1. The molecular formula is C14H15ClN6. The van der Waals surface area contributed by atoms with Crippen LogP contribution in [0, 0.1) is 6.92 Å². The molecular weight excluding hydrogens is 288 g/mol. The third-order valence-electron chi connectivity index (χ3n) is 2.56. The van der Waals surface area contributed by atoms with Gasteiger partial charge in [0, 0.05) is 29.2 Å². The van der Waals surface area contributed by atoms with Crippen LogP contribution in [-0.4, -0.2) is 22.1 Å². The molecule has 3 N–H and O–H groups in total. The Bertz CT molecular complexity index is 654. The Balaban J connectivity index is 1.91. The highest BCUT2D eigenvalue weighted by atomic mass is 35.5. The van der Waals surface area contributed by atoms with Gasteiger partial charge in [0.15, 0.2) is 0 Å². The largest absolute Gasteiger partial charge is 0.369 e. The number of aromatic nitrogens is 2. The van der Waals surface area contributed by atoms with Gasteiger partial charge in [-0.3, -0.25) is 4.98 Å². The lowest BCUT2D eigenvalue weighted by molar-refractivity contribution is 0.955. The number of guanidine groups is 1. The van der Waals surface area contributed by atoms with Crippen molar-refractivity contribution in [1.29, 1.82) is 0 Å². The zero-order valence-corrected chi connectivity index (χ0v) is 12.2. The second-order valence-corrected chi connectivity index (χ2v) is 4.62. The molecule has 0 spiro atoms. The van der Waals surface area contributed by atoms with Gasteiger partial charge in [-0.2, -0.15) is 5.10 Å². The van der Waals surface area contributed by atoms with Crippen LogP contribution in [-0.2, 0) is 6.54 Å². The second kappa shape index (κ2) is 7.35. The van der Waals surface area contributed by atoms with Crippen molar-refractivity contribution in [3.8, 4) is 0 Å². The predicted molar refractivity (Wildman–Crippen MR) is 84.3 cm³/mol. The van der Waals surface area contributed by atoms with Crippen LogP contribution >= 0.6 is 11.6 Å². The molecule has 0 atom stereocenters. The van der Waals surface area contributed by atoms with Gasteiger partial charge in [-0.25, -0.2) is 15.4 Å². The molecule has 0 fully saturated rings. The highest BCUT2D eigenvalue weighted by molar-refractivity contribution is 6.30. The molecule has 0 amide bonds. The Labute approximate surface area is 127 Å². The van der Waals surface area contributed by atoms with Crippen LogP contribution in [0.1, 0.15) is 16.8 Å². The third kappa shape index (κ3) is 4.85. The number of aliphatic imine (C=N–C) groups is 1. The van der Waals surface area contributed by atoms with Gasteiger partial charge in [0.25, 0.3) is 0 Å². The standard InChI is InChI=1S/C14H15ClN6/c1-10-4-5-12(13(15)20-10)9-18-14(16)21-19-8-11-3-2-6-17-7-11/h2-8H,9H2,1H3,(H3,16,18,21)/b19-8+. The van der Waals surface area contributed by atoms with E-state index in [4.69, 9.17) is 17.3 Å². The molecule has 0 bridgehead atoms. The van der Waals surface area contributed by atoms with Gasteiger partial charge in [-0.1, -0.05) is 23.7 Å². The minimum Gasteiger partial charge on any atom is -0.369 e. The minimum absolute atomic E-state index is 0.201. The zero-order chi connectivity index (χ0) is 15.1. The van der Waals surface area contributed by atoms with Crippen molar-refractivity contribution in [3.05, 3.63) is 58.6 Å². The molecule has 0 aliphatic heterocycles. The minimum atomic E-state index is 0.201. The van der Waals surface area contributed by atoms with E-state index >= 15 is 0 Å². The number of aryl methyl sites for hydroxylation is 1. The first-order valence-corrected chi connectivity index (χ1v) is 6.64. The molecule has 0 radical (unpaired) electrons. The second-order valence-electron chi connectivity index (χ2n) is 4.26. The topological polar surface area (TPSA) is 88.5 Å². The van der Waals surface area contributed by atoms with Crippen molar-refractivity contribution >= 4 is 23.8 Å². The van der Waals surface area contributed by atoms with E-state index in [0.29, 0.717) is 11.7 Å². The molecule has 2 heterocycles. The summed E-state index contributed by atoms with van der Waals surface area (Å²) >= 11 is 6.02. The van der Waals surface area contributed by atoms with Crippen molar-refractivity contribution in [2.45, 2.75) is 13.5 Å². The van der Waals surface area contributed by atoms with E-state index in [2.05, 4.69) is 25.5 Å². The maximum absolute atomic E-state index is 6.02. The lowest BCUT2D eigenvalue weighted by Gasteiger charge is -2.02. The molecule has 0 unspecified atom stereocenters. The average molecular weight is 303 g/mol. The number of halogens is 1. The summed E-state index contributed by atoms with van der Waals surface area (Å²) in [5, 5.41) is 4.41. The summed E-state index contributed by atoms with van der Waals surface area (Å²) in [5.74, 6) is 0.201. The number of hydrogen-bond donors (Lipinski definition) is 2. The van der Waals surface area contributed by atoms with Crippen LogP contribution in [0.25, 0.3) is 0 Å². The Morgan fingerprint density at radius 3 is 3.00 bits per heavy atom. The van der Waals surface area contributed by atoms with Crippen LogP contribution in [0.2, 0.25) is 5.15 Å². The fourth-order valence-corrected chi connectivity index (χ4v) is 1.76. The fraction of sp³-hybridized carbons (Fsp3) is 0.143. The molecule has 21 heavy (non-hydrogen) atoms. The Morgan fingerprint density at radius 1 is 1.43 bits per heavy atom. The average Bonchev–Trinajstić information content (AvgIpc) is 2.47. The maximum atomic E-state index is 6.02. The van der Waals surface area contributed by atoms with Crippen LogP contribution in [0.4, 0.5) is 0 Å². The number of pyridine rings is 2. The molecule has 7 heteroatoms. The molecule has 0 saturated heterocycles. The van der Waals surface area contributed by atoms with Crippen molar-refractivity contribution in [2.75, 3.05) is 0 Å². The van der Waals surface area contributed by atoms with Gasteiger partial charge >= 0.3 is 0 Å². The van der Waals surface area contributed by atoms with E-state index in [-0.39, 0.29) is 5.96 Å². The zero-order valence-electron chi connectivity index (χ0n) is 11.5. The Hall–Kier alpha value is -2.47. The predicted octanol–water partition coefficient (Wildman–Crippen LogP) is 1.88. The van der Waals surface area contributed by atoms with E-state index in [9.17, 15) is 0 Å². The maximum Gasteiger partial charge on any atom is 0.209 e. The van der Waals surface area contributed by atoms with Gasteiger partial charge in [0.05, 0.1) is 12.8 Å². The van der Waals surface area contributed by atoms with Crippen LogP contribution in [0.3, 0.4) is 0 Å². The van der Waals surface area contributed by atoms with Crippen molar-refractivity contribution < 1.29 is 0 Å². The Kier molecular flexibility index (Phi) is 5.22. The highest BCUT2D eigenvalue weighted by Gasteiger charge is 2.01. The van der Waals surface area contributed by atoms with E-state index in [1.165, 1.54) is 0 Å². The number of nitrogens with zero attached hydrogens (tertiary/aromatic N) is 4. The molecule has 0 aromatic carbocycles. The summed E-state index contributed by atoms with van der Waals surface area (Å²) in [7, 11) is 0. The lowest BCUT2D eigenvalue weighted by atomic mass is 10.2. The summed E-state index contributed by atoms with van der Waals surface area (Å²) in [6, 6.07) is 7.45. The monoisotopic (exact) mass is 302 g/mol. The molecule has 0 aliphatic carbocycles. The van der Waals surface area contributed by atoms with Gasteiger partial charge in [0.1, 0.15) is 5.15 Å². The van der Waals surface area contributed by atoms with Crippen LogP contribution < -0.4 is 11.2 Å².